The first-order valence-electron chi connectivity index (χ1n) is 17.3. The van der Waals surface area contributed by atoms with Crippen molar-refractivity contribution in [2.75, 3.05) is 0 Å². The molecular weight excluding hydrogens is 660 g/mol. The fourth-order valence-corrected chi connectivity index (χ4v) is 5.92. The standard InChI is InChI=1S/C39H44B2N3O8/c1-28(2)36(45)18-4-3-5-19-38(47)35(42-39(48)32-15-11-23-44(27-32)25-30-13-7-9-17-34(30)41(51)52)20-21-37(46)31-14-10-22-43(26-31)24-29-12-6-8-16-33(29)40(49)50/h6-17,22-23,26-27,35,49-52H,1,3-5,18-21,24-25H2,2H3/q+1/p+1. The topological polar surface area (TPSA) is 169 Å². The number of hydrogen-bond donors (Lipinski definition) is 5. The first kappa shape index (κ1) is 39.7. The summed E-state index contributed by atoms with van der Waals surface area (Å²) in [7, 11) is -3.29. The molecule has 4 aromatic rings. The van der Waals surface area contributed by atoms with Gasteiger partial charge in [-0.15, -0.1) is 0 Å². The molecule has 0 bridgehead atoms. The highest BCUT2D eigenvalue weighted by Crippen LogP contribution is 2.13. The molecule has 0 aliphatic carbocycles. The lowest BCUT2D eigenvalue weighted by molar-refractivity contribution is -0.688. The van der Waals surface area contributed by atoms with Gasteiger partial charge in [0, 0.05) is 42.5 Å². The number of aromatic nitrogens is 2. The maximum absolute atomic E-state index is 13.5. The summed E-state index contributed by atoms with van der Waals surface area (Å²) in [5.74, 6) is -0.949. The Morgan fingerprint density at radius 2 is 1.21 bits per heavy atom. The van der Waals surface area contributed by atoms with Crippen LogP contribution in [-0.4, -0.2) is 63.6 Å². The van der Waals surface area contributed by atoms with Gasteiger partial charge in [0.05, 0.1) is 11.6 Å². The molecule has 0 aliphatic heterocycles. The van der Waals surface area contributed by atoms with Crippen LogP contribution in [0.4, 0.5) is 0 Å². The Bertz CT molecular complexity index is 1900. The van der Waals surface area contributed by atoms with Crippen molar-refractivity contribution in [3.63, 3.8) is 0 Å². The summed E-state index contributed by atoms with van der Waals surface area (Å²) in [6.07, 6.45) is 9.14. The maximum atomic E-state index is 13.5. The van der Waals surface area contributed by atoms with E-state index >= 15 is 0 Å². The van der Waals surface area contributed by atoms with Gasteiger partial charge in [-0.3, -0.25) is 19.2 Å². The Hall–Kier alpha value is -5.07. The van der Waals surface area contributed by atoms with Crippen molar-refractivity contribution >= 4 is 48.4 Å². The first-order chi connectivity index (χ1) is 24.9. The summed E-state index contributed by atoms with van der Waals surface area (Å²) in [6, 6.07) is 19.5. The van der Waals surface area contributed by atoms with E-state index < -0.39 is 26.2 Å². The van der Waals surface area contributed by atoms with Gasteiger partial charge in [0.15, 0.2) is 55.2 Å². The Balaban J connectivity index is 1.46. The highest BCUT2D eigenvalue weighted by Gasteiger charge is 2.25. The molecule has 1 atom stereocenters. The van der Waals surface area contributed by atoms with Gasteiger partial charge in [0.25, 0.3) is 5.91 Å². The highest BCUT2D eigenvalue weighted by atomic mass is 16.4. The van der Waals surface area contributed by atoms with Gasteiger partial charge in [-0.05, 0) is 54.8 Å². The second-order valence-electron chi connectivity index (χ2n) is 12.9. The highest BCUT2D eigenvalue weighted by molar-refractivity contribution is 6.59. The SMILES string of the molecule is C=C(C)C(=O)CCCCCC(=O)C(CCC(=O)c1ccc[n+](Cc2ccccc2B(O)O)c1)NC(=O)c1ccc[n+](Cc2ccccc2B(O)O)c1. The number of amides is 1. The Morgan fingerprint density at radius 3 is 1.77 bits per heavy atom. The van der Waals surface area contributed by atoms with Crippen LogP contribution in [0.25, 0.3) is 0 Å². The van der Waals surface area contributed by atoms with Gasteiger partial charge in [-0.25, -0.2) is 4.57 Å². The van der Waals surface area contributed by atoms with Crippen LogP contribution in [0.2, 0.25) is 0 Å². The molecule has 11 nitrogen and oxygen atoms in total. The minimum Gasteiger partial charge on any atom is -0.423 e. The number of carbonyl (C=O) groups excluding carboxylic acids is 4. The third-order valence-corrected chi connectivity index (χ3v) is 8.83. The van der Waals surface area contributed by atoms with E-state index in [0.717, 1.165) is 0 Å². The maximum Gasteiger partial charge on any atom is 0.488 e. The molecule has 268 valence electrons. The van der Waals surface area contributed by atoms with Gasteiger partial charge >= 0.3 is 14.2 Å². The minimum atomic E-state index is -1.65. The van der Waals surface area contributed by atoms with Crippen LogP contribution in [-0.2, 0) is 22.7 Å². The number of carbonyl (C=O) groups is 4. The van der Waals surface area contributed by atoms with Crippen molar-refractivity contribution in [3.8, 4) is 0 Å². The second-order valence-corrected chi connectivity index (χ2v) is 12.9. The van der Waals surface area contributed by atoms with Crippen LogP contribution in [0.1, 0.15) is 83.7 Å². The second kappa shape index (κ2) is 19.5. The smallest absolute Gasteiger partial charge is 0.423 e. The fourth-order valence-electron chi connectivity index (χ4n) is 5.92. The summed E-state index contributed by atoms with van der Waals surface area (Å²) in [6.45, 7) is 5.91. The van der Waals surface area contributed by atoms with Crippen molar-refractivity contribution in [3.05, 3.63) is 132 Å². The van der Waals surface area contributed by atoms with E-state index in [0.29, 0.717) is 65.4 Å². The predicted octanol–water partition coefficient (Wildman–Crippen LogP) is 1.14. The molecule has 0 saturated heterocycles. The number of pyridine rings is 2. The molecule has 2 aromatic heterocycles. The first-order valence-corrected chi connectivity index (χ1v) is 17.3. The number of ketones is 3. The molecule has 5 N–H and O–H groups in total. The molecule has 0 spiro atoms. The molecule has 0 fully saturated rings. The van der Waals surface area contributed by atoms with Crippen molar-refractivity contribution in [1.29, 1.82) is 0 Å². The molecule has 1 unspecified atom stereocenters. The van der Waals surface area contributed by atoms with Crippen LogP contribution in [0.5, 0.6) is 0 Å². The molecule has 2 aromatic carbocycles. The average Bonchev–Trinajstić information content (AvgIpc) is 3.13. The van der Waals surface area contributed by atoms with E-state index in [1.54, 1.807) is 114 Å². The van der Waals surface area contributed by atoms with Crippen LogP contribution in [0.3, 0.4) is 0 Å². The number of Topliss-reactive ketones (excluding diaryl/α,β-unsaturated/α-hetero) is 3. The molecule has 4 rings (SSSR count). The normalized spacial score (nSPS) is 11.4. The summed E-state index contributed by atoms with van der Waals surface area (Å²) in [4.78, 5) is 52.4. The van der Waals surface area contributed by atoms with Gasteiger partial charge in [-0.1, -0.05) is 61.5 Å². The van der Waals surface area contributed by atoms with Crippen LogP contribution >= 0.6 is 0 Å². The molecule has 0 radical (unpaired) electrons. The number of hydrogen-bond acceptors (Lipinski definition) is 8. The van der Waals surface area contributed by atoms with Gasteiger partial charge in [-0.2, -0.15) is 4.57 Å². The van der Waals surface area contributed by atoms with E-state index in [2.05, 4.69) is 11.9 Å². The van der Waals surface area contributed by atoms with Crippen molar-refractivity contribution in [2.24, 2.45) is 0 Å². The molecule has 0 saturated carbocycles. The zero-order valence-electron chi connectivity index (χ0n) is 29.4. The van der Waals surface area contributed by atoms with Gasteiger partial charge in [0.2, 0.25) is 0 Å². The third-order valence-electron chi connectivity index (χ3n) is 8.83. The molecule has 13 heteroatoms. The average molecular weight is 705 g/mol. The van der Waals surface area contributed by atoms with Crippen LogP contribution in [0.15, 0.2) is 110 Å². The van der Waals surface area contributed by atoms with E-state index in [9.17, 15) is 39.3 Å². The molecule has 52 heavy (non-hydrogen) atoms. The molecule has 0 aliphatic rings. The lowest BCUT2D eigenvalue weighted by Crippen LogP contribution is -2.43. The van der Waals surface area contributed by atoms with Crippen molar-refractivity contribution < 1.29 is 48.4 Å². The zero-order valence-corrected chi connectivity index (χ0v) is 29.4. The quantitative estimate of drug-likeness (QED) is 0.0300. The number of nitrogens with one attached hydrogen (secondary N) is 1. The van der Waals surface area contributed by atoms with Gasteiger partial charge in [0.1, 0.15) is 5.56 Å². The third kappa shape index (κ3) is 11.7. The molecule has 1 amide bonds. The summed E-state index contributed by atoms with van der Waals surface area (Å²) in [5, 5.41) is 41.9. The zero-order chi connectivity index (χ0) is 37.6. The van der Waals surface area contributed by atoms with E-state index in [4.69, 9.17) is 0 Å². The number of nitrogens with zero attached hydrogens (tertiary/aromatic N) is 2. The van der Waals surface area contributed by atoms with Crippen LogP contribution < -0.4 is 25.4 Å². The monoisotopic (exact) mass is 705 g/mol. The Kier molecular flexibility index (Phi) is 14.9. The Morgan fingerprint density at radius 1 is 0.692 bits per heavy atom. The largest absolute Gasteiger partial charge is 0.488 e. The number of rotatable bonds is 20. The van der Waals surface area contributed by atoms with E-state index in [-0.39, 0.29) is 48.7 Å². The number of unbranched alkanes of at least 4 members (excludes halogenated alkanes) is 2. The summed E-state index contributed by atoms with van der Waals surface area (Å²) >= 11 is 0. The fraction of sp³-hybridized carbons (Fsp3) is 0.282. The number of allylic oxidation sites excluding steroid dienone is 1. The van der Waals surface area contributed by atoms with Gasteiger partial charge < -0.3 is 25.4 Å². The summed E-state index contributed by atoms with van der Waals surface area (Å²) < 4.78 is 3.49. The lowest BCUT2D eigenvalue weighted by atomic mass is 9.77. The minimum absolute atomic E-state index is 0.0106. The van der Waals surface area contributed by atoms with Crippen LogP contribution in [0, 0.1) is 0 Å². The summed E-state index contributed by atoms with van der Waals surface area (Å²) in [5.41, 5.74) is 3.24. The molecular formula is C39H45B2N3O8+2. The Labute approximate surface area is 304 Å². The lowest BCUT2D eigenvalue weighted by Gasteiger charge is -2.17. The van der Waals surface area contributed by atoms with Crippen molar-refractivity contribution in [2.45, 2.75) is 71.0 Å². The number of benzene rings is 2. The van der Waals surface area contributed by atoms with E-state index in [1.807, 2.05) is 0 Å². The van der Waals surface area contributed by atoms with E-state index in [1.165, 1.54) is 0 Å². The van der Waals surface area contributed by atoms with Crippen molar-refractivity contribution in [1.82, 2.24) is 5.32 Å². The predicted molar refractivity (Wildman–Crippen MR) is 197 cm³/mol. The molecule has 2 heterocycles.